The SMILES string of the molecule is C=CC(=O)Nc1cc(Nc2nc(-c3ccccc3NC)c3sccc3n2)c(OC)cc1N1CCN(C)CC1. The maximum absolute atomic E-state index is 12.3. The summed E-state index contributed by atoms with van der Waals surface area (Å²) >= 11 is 1.61. The second-order valence-electron chi connectivity index (χ2n) is 9.00. The van der Waals surface area contributed by atoms with E-state index in [1.807, 2.05) is 54.9 Å². The van der Waals surface area contributed by atoms with Crippen LogP contribution >= 0.6 is 11.3 Å². The number of fused-ring (bicyclic) bond motifs is 1. The molecule has 9 nitrogen and oxygen atoms in total. The molecular formula is C28H31N7O2S. The van der Waals surface area contributed by atoms with E-state index >= 15 is 0 Å². The van der Waals surface area contributed by atoms with E-state index in [2.05, 4.69) is 39.4 Å². The Morgan fingerprint density at radius 1 is 1.08 bits per heavy atom. The highest BCUT2D eigenvalue weighted by Gasteiger charge is 2.22. The van der Waals surface area contributed by atoms with Gasteiger partial charge in [0, 0.05) is 50.5 Å². The Bertz CT molecular complexity index is 1480. The number of anilines is 5. The summed E-state index contributed by atoms with van der Waals surface area (Å²) in [5.41, 5.74) is 5.87. The van der Waals surface area contributed by atoms with E-state index < -0.39 is 0 Å². The molecule has 1 aliphatic heterocycles. The van der Waals surface area contributed by atoms with Crippen LogP contribution in [0.3, 0.4) is 0 Å². The third kappa shape index (κ3) is 5.13. The summed E-state index contributed by atoms with van der Waals surface area (Å²) < 4.78 is 6.79. The summed E-state index contributed by atoms with van der Waals surface area (Å²) in [5, 5.41) is 11.6. The number of ether oxygens (including phenoxy) is 1. The van der Waals surface area contributed by atoms with Crippen LogP contribution in [-0.4, -0.2) is 68.2 Å². The van der Waals surface area contributed by atoms with Crippen molar-refractivity contribution in [3.05, 3.63) is 60.5 Å². The molecule has 0 radical (unpaired) electrons. The molecule has 10 heteroatoms. The average Bonchev–Trinajstić information content (AvgIpc) is 3.42. The smallest absolute Gasteiger partial charge is 0.247 e. The summed E-state index contributed by atoms with van der Waals surface area (Å²) in [6.07, 6.45) is 1.27. The molecule has 3 heterocycles. The number of benzene rings is 2. The maximum Gasteiger partial charge on any atom is 0.247 e. The Morgan fingerprint density at radius 2 is 1.87 bits per heavy atom. The van der Waals surface area contributed by atoms with E-state index in [1.54, 1.807) is 18.4 Å². The number of carbonyl (C=O) groups is 1. The fourth-order valence-corrected chi connectivity index (χ4v) is 5.39. The zero-order chi connectivity index (χ0) is 26.6. The minimum atomic E-state index is -0.279. The summed E-state index contributed by atoms with van der Waals surface area (Å²) in [7, 11) is 5.64. The fraction of sp³-hybridized carbons (Fsp3) is 0.250. The van der Waals surface area contributed by atoms with Crippen LogP contribution in [0.25, 0.3) is 21.5 Å². The molecule has 0 bridgehead atoms. The van der Waals surface area contributed by atoms with Crippen molar-refractivity contribution in [2.75, 3.05) is 68.2 Å². The van der Waals surface area contributed by atoms with Crippen molar-refractivity contribution in [1.82, 2.24) is 14.9 Å². The third-order valence-electron chi connectivity index (χ3n) is 6.61. The molecule has 1 saturated heterocycles. The molecule has 196 valence electrons. The van der Waals surface area contributed by atoms with E-state index in [0.717, 1.165) is 59.0 Å². The highest BCUT2D eigenvalue weighted by Crippen LogP contribution is 2.40. The molecule has 4 aromatic rings. The summed E-state index contributed by atoms with van der Waals surface area (Å²) in [6.45, 7) is 7.16. The molecule has 1 aliphatic rings. The number of piperazine rings is 1. The quantitative estimate of drug-likeness (QED) is 0.274. The van der Waals surface area contributed by atoms with Gasteiger partial charge >= 0.3 is 0 Å². The van der Waals surface area contributed by atoms with Crippen LogP contribution in [0.5, 0.6) is 5.75 Å². The van der Waals surface area contributed by atoms with Gasteiger partial charge in [-0.2, -0.15) is 0 Å². The molecule has 38 heavy (non-hydrogen) atoms. The van der Waals surface area contributed by atoms with Gasteiger partial charge in [0.2, 0.25) is 11.9 Å². The number of amides is 1. The second kappa shape index (κ2) is 11.1. The number of methoxy groups -OCH3 is 1. The highest BCUT2D eigenvalue weighted by molar-refractivity contribution is 7.17. The first-order valence-electron chi connectivity index (χ1n) is 12.4. The lowest BCUT2D eigenvalue weighted by Crippen LogP contribution is -2.44. The minimum Gasteiger partial charge on any atom is -0.494 e. The maximum atomic E-state index is 12.3. The Hall–Kier alpha value is -4.15. The first kappa shape index (κ1) is 25.5. The van der Waals surface area contributed by atoms with E-state index in [9.17, 15) is 4.79 Å². The van der Waals surface area contributed by atoms with Crippen LogP contribution in [0.2, 0.25) is 0 Å². The minimum absolute atomic E-state index is 0.279. The number of carbonyl (C=O) groups excluding carboxylic acids is 1. The first-order valence-corrected chi connectivity index (χ1v) is 13.3. The van der Waals surface area contributed by atoms with Gasteiger partial charge in [0.25, 0.3) is 0 Å². The Kier molecular flexibility index (Phi) is 7.43. The van der Waals surface area contributed by atoms with Crippen LogP contribution in [-0.2, 0) is 4.79 Å². The number of hydrogen-bond acceptors (Lipinski definition) is 9. The Morgan fingerprint density at radius 3 is 2.61 bits per heavy atom. The predicted molar refractivity (Wildman–Crippen MR) is 157 cm³/mol. The van der Waals surface area contributed by atoms with Crippen molar-refractivity contribution >= 4 is 56.2 Å². The lowest BCUT2D eigenvalue weighted by atomic mass is 10.1. The number of nitrogens with zero attached hydrogens (tertiary/aromatic N) is 4. The number of rotatable bonds is 8. The number of nitrogens with one attached hydrogen (secondary N) is 3. The van der Waals surface area contributed by atoms with Crippen LogP contribution in [0, 0.1) is 0 Å². The van der Waals surface area contributed by atoms with Crippen LogP contribution in [0.15, 0.2) is 60.5 Å². The first-order chi connectivity index (χ1) is 18.5. The van der Waals surface area contributed by atoms with Gasteiger partial charge in [-0.15, -0.1) is 11.3 Å². The van der Waals surface area contributed by atoms with Gasteiger partial charge < -0.3 is 30.5 Å². The number of aromatic nitrogens is 2. The van der Waals surface area contributed by atoms with E-state index in [0.29, 0.717) is 23.1 Å². The molecule has 0 unspecified atom stereocenters. The van der Waals surface area contributed by atoms with Crippen molar-refractivity contribution in [2.45, 2.75) is 0 Å². The summed E-state index contributed by atoms with van der Waals surface area (Å²) in [6, 6.07) is 13.9. The Labute approximate surface area is 226 Å². The zero-order valence-corrected chi connectivity index (χ0v) is 22.6. The van der Waals surface area contributed by atoms with Gasteiger partial charge in [-0.25, -0.2) is 9.97 Å². The normalized spacial score (nSPS) is 13.8. The second-order valence-corrected chi connectivity index (χ2v) is 9.92. The van der Waals surface area contributed by atoms with E-state index in [1.165, 1.54) is 6.08 Å². The van der Waals surface area contributed by atoms with Gasteiger partial charge in [0.15, 0.2) is 0 Å². The predicted octanol–water partition coefficient (Wildman–Crippen LogP) is 5.03. The van der Waals surface area contributed by atoms with E-state index in [4.69, 9.17) is 14.7 Å². The van der Waals surface area contributed by atoms with Gasteiger partial charge in [-0.05, 0) is 36.7 Å². The van der Waals surface area contributed by atoms with Crippen molar-refractivity contribution in [1.29, 1.82) is 0 Å². The molecule has 0 aliphatic carbocycles. The molecule has 1 fully saturated rings. The molecular weight excluding hydrogens is 498 g/mol. The molecule has 0 saturated carbocycles. The number of likely N-dealkylation sites (N-methyl/N-ethyl adjacent to an activating group) is 1. The average molecular weight is 530 g/mol. The van der Waals surface area contributed by atoms with Crippen LogP contribution in [0.4, 0.5) is 28.7 Å². The van der Waals surface area contributed by atoms with Crippen molar-refractivity contribution in [2.24, 2.45) is 0 Å². The van der Waals surface area contributed by atoms with Gasteiger partial charge in [0.1, 0.15) is 5.75 Å². The Balaban J connectivity index is 1.58. The summed E-state index contributed by atoms with van der Waals surface area (Å²) in [4.78, 5) is 26.6. The highest BCUT2D eigenvalue weighted by atomic mass is 32.1. The topological polar surface area (TPSA) is 94.6 Å². The largest absolute Gasteiger partial charge is 0.494 e. The third-order valence-corrected chi connectivity index (χ3v) is 7.52. The monoisotopic (exact) mass is 529 g/mol. The molecule has 2 aromatic heterocycles. The van der Waals surface area contributed by atoms with Crippen molar-refractivity contribution in [3.8, 4) is 17.0 Å². The zero-order valence-electron chi connectivity index (χ0n) is 21.7. The van der Waals surface area contributed by atoms with Crippen molar-refractivity contribution < 1.29 is 9.53 Å². The lowest BCUT2D eigenvalue weighted by molar-refractivity contribution is -0.111. The molecule has 1 amide bonds. The summed E-state index contributed by atoms with van der Waals surface area (Å²) in [5.74, 6) is 0.781. The van der Waals surface area contributed by atoms with Gasteiger partial charge in [0.05, 0.1) is 40.1 Å². The van der Waals surface area contributed by atoms with Gasteiger partial charge in [-0.1, -0.05) is 24.8 Å². The number of hydrogen-bond donors (Lipinski definition) is 3. The van der Waals surface area contributed by atoms with Gasteiger partial charge in [-0.3, -0.25) is 4.79 Å². The van der Waals surface area contributed by atoms with Crippen molar-refractivity contribution in [3.63, 3.8) is 0 Å². The number of para-hydroxylation sites is 1. The lowest BCUT2D eigenvalue weighted by Gasteiger charge is -2.35. The molecule has 5 rings (SSSR count). The number of thiophene rings is 1. The molecule has 0 atom stereocenters. The molecule has 2 aromatic carbocycles. The molecule has 3 N–H and O–H groups in total. The standard InChI is InChI=1S/C28H31N7O2S/c1-5-25(36)30-21-16-22(24(37-4)17-23(21)35-13-11-34(3)12-14-35)32-28-31-20-10-15-38-27(20)26(33-28)18-8-6-7-9-19(18)29-2/h5-10,15-17,29H,1,11-14H2,2-4H3,(H,30,36)(H,31,32,33). The molecule has 0 spiro atoms. The fourth-order valence-electron chi connectivity index (χ4n) is 4.56. The van der Waals surface area contributed by atoms with Crippen LogP contribution in [0.1, 0.15) is 0 Å². The van der Waals surface area contributed by atoms with Crippen LogP contribution < -0.4 is 25.6 Å². The van der Waals surface area contributed by atoms with E-state index in [-0.39, 0.29) is 5.91 Å².